The molecule has 0 heterocycles. The Bertz CT molecular complexity index is 123. The van der Waals surface area contributed by atoms with Crippen molar-refractivity contribution < 1.29 is 68.8 Å². The molecule has 1 nitrogen and oxygen atoms in total. The molecule has 0 N–H and O–H groups in total. The summed E-state index contributed by atoms with van der Waals surface area (Å²) >= 11 is 3.74. The Hall–Kier alpha value is 1.13. The normalized spacial score (nSPS) is 11.4. The van der Waals surface area contributed by atoms with Gasteiger partial charge >= 0.3 is 45.1 Å². The van der Waals surface area contributed by atoms with Crippen LogP contribution in [0.4, 0.5) is 0 Å². The first-order valence-corrected chi connectivity index (χ1v) is 2.65. The fourth-order valence-electron chi connectivity index (χ4n) is 0.416. The monoisotopic (exact) mass is 403 g/mol. The third kappa shape index (κ3) is 9.13. The molecule has 1 aliphatic carbocycles. The zero-order chi connectivity index (χ0) is 6.41. The molecule has 1 aliphatic rings. The molecule has 57 valence electrons. The zero-order valence-electron chi connectivity index (χ0n) is 4.96. The molecule has 0 aromatic carbocycles. The van der Waals surface area contributed by atoms with Crippen molar-refractivity contribution in [2.24, 2.45) is 0 Å². The molecule has 10 heavy (non-hydrogen) atoms. The molecule has 0 saturated carbocycles. The van der Waals surface area contributed by atoms with Crippen LogP contribution >= 0.6 is 0 Å². The van der Waals surface area contributed by atoms with E-state index in [0.29, 0.717) is 0 Å². The summed E-state index contributed by atoms with van der Waals surface area (Å²) in [5.74, 6) is 0. The molecule has 0 atom stereocenters. The standard InChI is InChI=1S/C5H5.CO.Fe.2HI/c1-2-4-5-3-1;1-2;;;/h1-3H,4H2;;;2*1H/q;;+2;;/p-2. The summed E-state index contributed by atoms with van der Waals surface area (Å²) in [7, 11) is 0. The van der Waals surface area contributed by atoms with E-state index in [4.69, 9.17) is 4.79 Å². The molecular formula is C6H5FeI2O. The minimum Gasteiger partial charge on any atom is -1.00 e. The third-order valence-electron chi connectivity index (χ3n) is 0.717. The predicted octanol–water partition coefficient (Wildman–Crippen LogP) is -5.01. The maximum atomic E-state index is 7.50. The summed E-state index contributed by atoms with van der Waals surface area (Å²) in [6.45, 7) is 4.50. The van der Waals surface area contributed by atoms with Crippen LogP contribution in [0.5, 0.6) is 0 Å². The van der Waals surface area contributed by atoms with Crippen molar-refractivity contribution >= 4 is 6.79 Å². The Morgan fingerprint density at radius 1 is 1.40 bits per heavy atom. The fraction of sp³-hybridized carbons (Fsp3) is 0.167. The van der Waals surface area contributed by atoms with Crippen LogP contribution in [0.15, 0.2) is 22.7 Å². The Morgan fingerprint density at radius 3 is 2.00 bits per heavy atom. The molecule has 2 radical (unpaired) electrons. The van der Waals surface area contributed by atoms with Gasteiger partial charge in [-0.15, -0.1) is 0 Å². The minimum absolute atomic E-state index is 0. The zero-order valence-corrected chi connectivity index (χ0v) is 10.4. The van der Waals surface area contributed by atoms with Crippen LogP contribution in [0, 0.1) is 0 Å². The van der Waals surface area contributed by atoms with Crippen LogP contribution in [-0.4, -0.2) is 6.79 Å². The van der Waals surface area contributed by atoms with E-state index in [9.17, 15) is 0 Å². The molecule has 0 aliphatic heterocycles. The van der Waals surface area contributed by atoms with Gasteiger partial charge < -0.3 is 48.0 Å². The quantitative estimate of drug-likeness (QED) is 0.293. The van der Waals surface area contributed by atoms with Gasteiger partial charge in [-0.25, -0.2) is 0 Å². The Balaban J connectivity index is -0.000000114. The summed E-state index contributed by atoms with van der Waals surface area (Å²) in [5, 5.41) is 0. The predicted molar refractivity (Wildman–Crippen MR) is 27.5 cm³/mol. The number of allylic oxidation sites excluding steroid dienone is 4. The first kappa shape index (κ1) is 17.3. The molecule has 0 aromatic heterocycles. The summed E-state index contributed by atoms with van der Waals surface area (Å²) in [6, 6.07) is 0. The Kier molecular flexibility index (Phi) is 22.1. The Labute approximate surface area is 104 Å². The van der Waals surface area contributed by atoms with Gasteiger partial charge in [0, 0.05) is 0 Å². The largest absolute Gasteiger partial charge is 1.00 e. The van der Waals surface area contributed by atoms with Crippen LogP contribution in [-0.2, 0) is 20.8 Å². The van der Waals surface area contributed by atoms with Crippen molar-refractivity contribution in [1.29, 1.82) is 0 Å². The summed E-state index contributed by atoms with van der Waals surface area (Å²) in [5.41, 5.74) is 0. The van der Waals surface area contributed by atoms with Crippen LogP contribution in [0.2, 0.25) is 0 Å². The van der Waals surface area contributed by atoms with E-state index in [1.54, 1.807) is 0 Å². The van der Waals surface area contributed by atoms with Crippen molar-refractivity contribution in [3.63, 3.8) is 0 Å². The average molecular weight is 403 g/mol. The van der Waals surface area contributed by atoms with E-state index < -0.39 is 0 Å². The van der Waals surface area contributed by atoms with Crippen LogP contribution in [0.1, 0.15) is 6.42 Å². The van der Waals surface area contributed by atoms with Gasteiger partial charge in [0.05, 0.1) is 0 Å². The second-order valence-electron chi connectivity index (χ2n) is 1.23. The topological polar surface area (TPSA) is 17.1 Å². The maximum absolute atomic E-state index is 7.50. The van der Waals surface area contributed by atoms with Gasteiger partial charge in [-0.05, 0) is 0 Å². The number of halogens is 2. The molecule has 0 amide bonds. The number of hydrogen-bond donors (Lipinski definition) is 0. The van der Waals surface area contributed by atoms with Crippen LogP contribution < -0.4 is 48.0 Å². The van der Waals surface area contributed by atoms with Crippen molar-refractivity contribution in [2.75, 3.05) is 0 Å². The smallest absolute Gasteiger partial charge is 1.00 e. The summed E-state index contributed by atoms with van der Waals surface area (Å²) < 4.78 is 1.22. The summed E-state index contributed by atoms with van der Waals surface area (Å²) in [4.78, 5) is 7.50. The van der Waals surface area contributed by atoms with E-state index in [1.165, 1.54) is 4.47 Å². The van der Waals surface area contributed by atoms with E-state index in [2.05, 4.69) is 28.9 Å². The van der Waals surface area contributed by atoms with E-state index in [0.717, 1.165) is 6.42 Å². The second kappa shape index (κ2) is 12.8. The Morgan fingerprint density at radius 2 is 1.90 bits per heavy atom. The van der Waals surface area contributed by atoms with Gasteiger partial charge in [0.15, 0.2) is 0 Å². The van der Waals surface area contributed by atoms with Crippen molar-refractivity contribution in [3.8, 4) is 0 Å². The van der Waals surface area contributed by atoms with Gasteiger partial charge in [-0.1, -0.05) is 0 Å². The number of hydrogen-bond acceptors (Lipinski definition) is 1. The van der Waals surface area contributed by atoms with Gasteiger partial charge in [0.2, 0.25) is 0 Å². The fourth-order valence-corrected chi connectivity index (χ4v) is 0.652. The first-order chi connectivity index (χ1) is 3.89. The second-order valence-corrected chi connectivity index (χ2v) is 1.94. The van der Waals surface area contributed by atoms with Crippen LogP contribution in [0.3, 0.4) is 0 Å². The van der Waals surface area contributed by atoms with Crippen LogP contribution in [0.25, 0.3) is 0 Å². The van der Waals surface area contributed by atoms with E-state index >= 15 is 0 Å². The van der Waals surface area contributed by atoms with Crippen molar-refractivity contribution in [3.05, 3.63) is 22.7 Å². The van der Waals surface area contributed by atoms with Gasteiger partial charge in [-0.3, -0.25) is 4.79 Å². The SMILES string of the molecule is [C]=O.[Fe+2][C]1=CC=CC1.[I-].[I-]. The summed E-state index contributed by atoms with van der Waals surface area (Å²) in [6.07, 6.45) is 7.21. The first-order valence-electron chi connectivity index (χ1n) is 2.10. The van der Waals surface area contributed by atoms with Crippen molar-refractivity contribution in [1.82, 2.24) is 0 Å². The third-order valence-corrected chi connectivity index (χ3v) is 1.13. The molecule has 0 bridgehead atoms. The maximum Gasteiger partial charge on any atom is -1.00 e. The molecular weight excluding hydrogens is 398 g/mol. The van der Waals surface area contributed by atoms with Gasteiger partial charge in [0.25, 0.3) is 6.79 Å². The molecule has 1 rings (SSSR count). The minimum atomic E-state index is 0. The molecule has 0 aromatic rings. The number of carbonyl (C=O) groups excluding carboxylic acids is 1. The number of rotatable bonds is 0. The molecule has 0 unspecified atom stereocenters. The van der Waals surface area contributed by atoms with Gasteiger partial charge in [-0.2, -0.15) is 0 Å². The molecule has 4 heteroatoms. The van der Waals surface area contributed by atoms with E-state index in [1.807, 2.05) is 12.2 Å². The molecule has 0 spiro atoms. The molecule has 0 saturated heterocycles. The average Bonchev–Trinajstić information content (AvgIpc) is 2.24. The van der Waals surface area contributed by atoms with Crippen molar-refractivity contribution in [2.45, 2.75) is 6.42 Å². The van der Waals surface area contributed by atoms with E-state index in [-0.39, 0.29) is 48.0 Å². The molecule has 0 fully saturated rings. The van der Waals surface area contributed by atoms with Gasteiger partial charge in [0.1, 0.15) is 0 Å².